The molecule has 5 nitrogen and oxygen atoms in total. The van der Waals surface area contributed by atoms with Gasteiger partial charge in [0.1, 0.15) is 22.8 Å². The maximum absolute atomic E-state index is 13.0. The molecule has 1 aromatic rings. The molecule has 1 unspecified atom stereocenters. The Balaban J connectivity index is 2.16. The molecule has 5 heteroatoms. The van der Waals surface area contributed by atoms with Crippen molar-refractivity contribution < 1.29 is 24.2 Å². The van der Waals surface area contributed by atoms with Crippen LogP contribution in [-0.2, 0) is 16.0 Å². The molecule has 1 heterocycles. The topological polar surface area (TPSA) is 72.8 Å². The molecule has 0 fully saturated rings. The van der Waals surface area contributed by atoms with Gasteiger partial charge in [0.25, 0.3) is 6.29 Å². The van der Waals surface area contributed by atoms with Crippen LogP contribution in [0.2, 0.25) is 0 Å². The Labute approximate surface area is 185 Å². The first kappa shape index (κ1) is 23.1. The second-order valence-corrected chi connectivity index (χ2v) is 9.02. The van der Waals surface area contributed by atoms with E-state index in [0.717, 1.165) is 43.2 Å². The normalized spacial score (nSPS) is 22.8. The van der Waals surface area contributed by atoms with Crippen molar-refractivity contribution in [2.45, 2.75) is 84.8 Å². The van der Waals surface area contributed by atoms with Crippen molar-refractivity contribution in [1.82, 2.24) is 0 Å². The summed E-state index contributed by atoms with van der Waals surface area (Å²) in [7, 11) is 0. The third kappa shape index (κ3) is 5.03. The number of aromatic hydroxyl groups is 1. The van der Waals surface area contributed by atoms with Crippen LogP contribution in [0.3, 0.4) is 0 Å². The number of hydrogen-bond donors (Lipinski definition) is 1. The summed E-state index contributed by atoms with van der Waals surface area (Å²) < 4.78 is 11.6. The van der Waals surface area contributed by atoms with Gasteiger partial charge in [0.05, 0.1) is 6.42 Å². The summed E-state index contributed by atoms with van der Waals surface area (Å²) in [6.07, 6.45) is 6.71. The van der Waals surface area contributed by atoms with Crippen molar-refractivity contribution >= 4 is 11.8 Å². The molecule has 0 bridgehead atoms. The number of ketones is 1. The van der Waals surface area contributed by atoms with Gasteiger partial charge in [-0.2, -0.15) is 0 Å². The second-order valence-electron chi connectivity index (χ2n) is 9.02. The standard InChI is InChI=1S/C26H34O5/c1-6-7-8-9-18-14-21(28)24(20-12-16(4)10-11-19(20)15(2)3)25-23(18)26(29)31-22(30-25)13-17(5)27/h12,14,19-20,22,28H,2,6-11,13H2,1,3-5H3/t19-,20+,22?/m0/s1. The Kier molecular flexibility index (Phi) is 7.24. The Morgan fingerprint density at radius 1 is 1.26 bits per heavy atom. The van der Waals surface area contributed by atoms with Gasteiger partial charge < -0.3 is 14.6 Å². The number of benzene rings is 1. The Hall–Kier alpha value is -2.56. The number of unbranched alkanes of at least 4 members (excludes halogenated alkanes) is 2. The molecule has 31 heavy (non-hydrogen) atoms. The summed E-state index contributed by atoms with van der Waals surface area (Å²) in [5.74, 6) is -0.117. The number of Topliss-reactive ketones (excluding diaryl/α,β-unsaturated/α-hetero) is 1. The quantitative estimate of drug-likeness (QED) is 0.314. The Bertz CT molecular complexity index is 911. The molecule has 0 saturated heterocycles. The van der Waals surface area contributed by atoms with E-state index in [1.165, 1.54) is 12.5 Å². The minimum Gasteiger partial charge on any atom is -0.507 e. The molecule has 1 aliphatic carbocycles. The number of rotatable bonds is 8. The zero-order chi connectivity index (χ0) is 22.7. The van der Waals surface area contributed by atoms with Gasteiger partial charge in [0, 0.05) is 11.5 Å². The van der Waals surface area contributed by atoms with Crippen LogP contribution in [0.25, 0.3) is 0 Å². The van der Waals surface area contributed by atoms with E-state index in [1.54, 1.807) is 6.07 Å². The zero-order valence-corrected chi connectivity index (χ0v) is 19.1. The summed E-state index contributed by atoms with van der Waals surface area (Å²) in [5.41, 5.74) is 4.00. The van der Waals surface area contributed by atoms with Crippen LogP contribution in [0.15, 0.2) is 29.9 Å². The van der Waals surface area contributed by atoms with Gasteiger partial charge in [-0.3, -0.25) is 4.79 Å². The van der Waals surface area contributed by atoms with E-state index in [-0.39, 0.29) is 29.8 Å². The highest BCUT2D eigenvalue weighted by Gasteiger charge is 2.38. The number of phenols is 1. The first-order valence-electron chi connectivity index (χ1n) is 11.3. The molecule has 0 spiro atoms. The molecule has 3 atom stereocenters. The van der Waals surface area contributed by atoms with Gasteiger partial charge in [-0.25, -0.2) is 4.79 Å². The van der Waals surface area contributed by atoms with E-state index in [9.17, 15) is 14.7 Å². The number of carbonyl (C=O) groups is 2. The Morgan fingerprint density at radius 3 is 2.65 bits per heavy atom. The smallest absolute Gasteiger partial charge is 0.345 e. The molecule has 0 aromatic heterocycles. The predicted octanol–water partition coefficient (Wildman–Crippen LogP) is 6.00. The summed E-state index contributed by atoms with van der Waals surface area (Å²) >= 11 is 0. The van der Waals surface area contributed by atoms with Crippen molar-refractivity contribution in [3.05, 3.63) is 46.6 Å². The van der Waals surface area contributed by atoms with Gasteiger partial charge in [-0.05, 0) is 64.0 Å². The number of ether oxygens (including phenoxy) is 2. The lowest BCUT2D eigenvalue weighted by Crippen LogP contribution is -2.33. The van der Waals surface area contributed by atoms with Crippen molar-refractivity contribution in [3.63, 3.8) is 0 Å². The molecular formula is C26H34O5. The average Bonchev–Trinajstić information content (AvgIpc) is 2.67. The number of allylic oxidation sites excluding steroid dienone is 3. The highest BCUT2D eigenvalue weighted by molar-refractivity contribution is 5.96. The van der Waals surface area contributed by atoms with Crippen molar-refractivity contribution in [1.29, 1.82) is 0 Å². The molecule has 168 valence electrons. The first-order valence-corrected chi connectivity index (χ1v) is 11.3. The minimum absolute atomic E-state index is 0.0190. The molecular weight excluding hydrogens is 392 g/mol. The third-order valence-electron chi connectivity index (χ3n) is 6.29. The number of carbonyl (C=O) groups excluding carboxylic acids is 2. The van der Waals surface area contributed by atoms with Crippen LogP contribution in [0.5, 0.6) is 11.5 Å². The SMILES string of the molecule is C=C(C)[C@@H]1CCC(C)=C[C@H]1c1c(O)cc(CCCCC)c2c1OC(CC(C)=O)OC2=O. The summed E-state index contributed by atoms with van der Waals surface area (Å²) in [5, 5.41) is 11.1. The highest BCUT2D eigenvalue weighted by atomic mass is 16.7. The van der Waals surface area contributed by atoms with Gasteiger partial charge in [0.15, 0.2) is 0 Å². The fourth-order valence-corrected chi connectivity index (χ4v) is 4.70. The molecule has 0 saturated carbocycles. The van der Waals surface area contributed by atoms with Crippen molar-refractivity contribution in [2.24, 2.45) is 5.92 Å². The van der Waals surface area contributed by atoms with Crippen LogP contribution >= 0.6 is 0 Å². The fourth-order valence-electron chi connectivity index (χ4n) is 4.70. The Morgan fingerprint density at radius 2 is 2.00 bits per heavy atom. The van der Waals surface area contributed by atoms with Crippen LogP contribution in [-0.4, -0.2) is 23.1 Å². The summed E-state index contributed by atoms with van der Waals surface area (Å²) in [6, 6.07) is 1.70. The molecule has 1 aliphatic heterocycles. The maximum atomic E-state index is 13.0. The van der Waals surface area contributed by atoms with Crippen LogP contribution in [0.1, 0.15) is 93.6 Å². The molecule has 0 amide bonds. The lowest BCUT2D eigenvalue weighted by atomic mass is 9.73. The summed E-state index contributed by atoms with van der Waals surface area (Å²) in [6.45, 7) is 11.8. The number of phenolic OH excluding ortho intramolecular Hbond substituents is 1. The van der Waals surface area contributed by atoms with Crippen LogP contribution in [0.4, 0.5) is 0 Å². The number of esters is 1. The number of cyclic esters (lactones) is 1. The molecule has 1 N–H and O–H groups in total. The van der Waals surface area contributed by atoms with Crippen molar-refractivity contribution in [2.75, 3.05) is 0 Å². The van der Waals surface area contributed by atoms with Gasteiger partial charge in [0.2, 0.25) is 0 Å². The average molecular weight is 427 g/mol. The summed E-state index contributed by atoms with van der Waals surface area (Å²) in [4.78, 5) is 24.7. The van der Waals surface area contributed by atoms with E-state index < -0.39 is 12.3 Å². The fraction of sp³-hybridized carbons (Fsp3) is 0.538. The molecule has 1 aromatic carbocycles. The maximum Gasteiger partial charge on any atom is 0.345 e. The van der Waals surface area contributed by atoms with Gasteiger partial charge >= 0.3 is 5.97 Å². The van der Waals surface area contributed by atoms with E-state index in [4.69, 9.17) is 9.47 Å². The molecule has 2 aliphatic rings. The second kappa shape index (κ2) is 9.71. The van der Waals surface area contributed by atoms with Crippen LogP contribution < -0.4 is 4.74 Å². The number of aryl methyl sites for hydroxylation is 1. The van der Waals surface area contributed by atoms with Crippen molar-refractivity contribution in [3.8, 4) is 11.5 Å². The van der Waals surface area contributed by atoms with Gasteiger partial charge in [-0.1, -0.05) is 43.6 Å². The minimum atomic E-state index is -0.974. The first-order chi connectivity index (χ1) is 14.7. The third-order valence-corrected chi connectivity index (χ3v) is 6.29. The molecule has 0 radical (unpaired) electrons. The number of fused-ring (bicyclic) bond motifs is 1. The van der Waals surface area contributed by atoms with Crippen LogP contribution in [0, 0.1) is 5.92 Å². The zero-order valence-electron chi connectivity index (χ0n) is 19.1. The highest BCUT2D eigenvalue weighted by Crippen LogP contribution is 2.50. The lowest BCUT2D eigenvalue weighted by molar-refractivity contribution is -0.125. The van der Waals surface area contributed by atoms with E-state index in [1.807, 2.05) is 6.92 Å². The molecule has 3 rings (SSSR count). The largest absolute Gasteiger partial charge is 0.507 e. The number of hydrogen-bond acceptors (Lipinski definition) is 5. The lowest BCUT2D eigenvalue weighted by Gasteiger charge is -2.35. The van der Waals surface area contributed by atoms with E-state index in [2.05, 4.69) is 26.5 Å². The van der Waals surface area contributed by atoms with Gasteiger partial charge in [-0.15, -0.1) is 0 Å². The van der Waals surface area contributed by atoms with E-state index in [0.29, 0.717) is 23.3 Å². The predicted molar refractivity (Wildman–Crippen MR) is 121 cm³/mol. The van der Waals surface area contributed by atoms with E-state index >= 15 is 0 Å². The monoisotopic (exact) mass is 426 g/mol.